The summed E-state index contributed by atoms with van der Waals surface area (Å²) in [7, 11) is 0. The van der Waals surface area contributed by atoms with Crippen LogP contribution in [-0.2, 0) is 4.79 Å². The van der Waals surface area contributed by atoms with Gasteiger partial charge in [-0.2, -0.15) is 0 Å². The fourth-order valence-corrected chi connectivity index (χ4v) is 1.37. The van der Waals surface area contributed by atoms with Gasteiger partial charge in [0.1, 0.15) is 5.75 Å². The minimum absolute atomic E-state index is 0.0961. The highest BCUT2D eigenvalue weighted by atomic mass is 16.3. The number of nitrogens with one attached hydrogen (secondary N) is 1. The minimum Gasteiger partial charge on any atom is -0.508 e. The Morgan fingerprint density at radius 2 is 2.21 bits per heavy atom. The summed E-state index contributed by atoms with van der Waals surface area (Å²) in [6.45, 7) is 1.86. The molecule has 1 amide bonds. The van der Waals surface area contributed by atoms with Crippen LogP contribution in [0.1, 0.15) is 18.4 Å². The molecule has 3 heteroatoms. The number of benzene rings is 1. The van der Waals surface area contributed by atoms with Gasteiger partial charge in [0.25, 0.3) is 0 Å². The number of anilines is 1. The highest BCUT2D eigenvalue weighted by molar-refractivity contribution is 5.94. The molecular formula is C11H13NO2. The van der Waals surface area contributed by atoms with Crippen LogP contribution in [0.5, 0.6) is 5.75 Å². The maximum Gasteiger partial charge on any atom is 0.227 e. The molecule has 3 nitrogen and oxygen atoms in total. The fraction of sp³-hybridized carbons (Fsp3) is 0.364. The topological polar surface area (TPSA) is 49.3 Å². The molecule has 1 fully saturated rings. The fourth-order valence-electron chi connectivity index (χ4n) is 1.37. The number of aromatic hydroxyl groups is 1. The van der Waals surface area contributed by atoms with Crippen LogP contribution >= 0.6 is 0 Å². The summed E-state index contributed by atoms with van der Waals surface area (Å²) in [5, 5.41) is 12.0. The summed E-state index contributed by atoms with van der Waals surface area (Å²) >= 11 is 0. The van der Waals surface area contributed by atoms with Gasteiger partial charge in [-0.1, -0.05) is 0 Å². The van der Waals surface area contributed by atoms with Crippen molar-refractivity contribution in [3.05, 3.63) is 23.8 Å². The number of phenolic OH excluding ortho intramolecular Hbond substituents is 1. The van der Waals surface area contributed by atoms with E-state index in [1.807, 2.05) is 6.92 Å². The lowest BCUT2D eigenvalue weighted by molar-refractivity contribution is -0.117. The van der Waals surface area contributed by atoms with Crippen molar-refractivity contribution in [3.8, 4) is 5.75 Å². The number of aryl methyl sites for hydroxylation is 1. The maximum atomic E-state index is 11.4. The van der Waals surface area contributed by atoms with E-state index < -0.39 is 0 Å². The van der Waals surface area contributed by atoms with Crippen molar-refractivity contribution < 1.29 is 9.90 Å². The molecule has 0 spiro atoms. The third kappa shape index (κ3) is 1.87. The van der Waals surface area contributed by atoms with Crippen molar-refractivity contribution >= 4 is 11.6 Å². The van der Waals surface area contributed by atoms with E-state index in [4.69, 9.17) is 0 Å². The van der Waals surface area contributed by atoms with Crippen LogP contribution in [0.3, 0.4) is 0 Å². The second-order valence-corrected chi connectivity index (χ2v) is 3.76. The van der Waals surface area contributed by atoms with Crippen LogP contribution in [0.15, 0.2) is 18.2 Å². The molecular weight excluding hydrogens is 178 g/mol. The average Bonchev–Trinajstić information content (AvgIpc) is 2.92. The number of carbonyl (C=O) groups excluding carboxylic acids is 1. The van der Waals surface area contributed by atoms with Crippen molar-refractivity contribution in [3.63, 3.8) is 0 Å². The molecule has 0 bridgehead atoms. The summed E-state index contributed by atoms with van der Waals surface area (Å²) < 4.78 is 0. The standard InChI is InChI=1S/C11H13NO2/c1-7-6-9(13)4-5-10(7)12-11(14)8-2-3-8/h4-6,8,13H,2-3H2,1H3,(H,12,14). The SMILES string of the molecule is Cc1cc(O)ccc1NC(=O)C1CC1. The average molecular weight is 191 g/mol. The van der Waals surface area contributed by atoms with Crippen molar-refractivity contribution in [1.82, 2.24) is 0 Å². The first kappa shape index (κ1) is 9.06. The number of rotatable bonds is 2. The predicted octanol–water partition coefficient (Wildman–Crippen LogP) is 2.05. The Balaban J connectivity index is 2.11. The highest BCUT2D eigenvalue weighted by Gasteiger charge is 2.29. The summed E-state index contributed by atoms with van der Waals surface area (Å²) in [6.07, 6.45) is 2.01. The normalized spacial score (nSPS) is 15.2. The molecule has 0 aromatic heterocycles. The van der Waals surface area contributed by atoms with Gasteiger partial charge in [0.15, 0.2) is 0 Å². The van der Waals surface area contributed by atoms with Crippen LogP contribution in [0.2, 0.25) is 0 Å². The van der Waals surface area contributed by atoms with Gasteiger partial charge in [0.2, 0.25) is 5.91 Å². The molecule has 14 heavy (non-hydrogen) atoms. The number of amides is 1. The molecule has 0 heterocycles. The van der Waals surface area contributed by atoms with Crippen molar-refractivity contribution in [2.75, 3.05) is 5.32 Å². The van der Waals surface area contributed by atoms with Gasteiger partial charge in [-0.3, -0.25) is 4.79 Å². The van der Waals surface area contributed by atoms with Gasteiger partial charge in [0.05, 0.1) is 0 Å². The van der Waals surface area contributed by atoms with E-state index in [1.54, 1.807) is 18.2 Å². The Morgan fingerprint density at radius 3 is 2.79 bits per heavy atom. The van der Waals surface area contributed by atoms with Gasteiger partial charge < -0.3 is 10.4 Å². The second-order valence-electron chi connectivity index (χ2n) is 3.76. The van der Waals surface area contributed by atoms with Crippen LogP contribution in [0.25, 0.3) is 0 Å². The van der Waals surface area contributed by atoms with Gasteiger partial charge >= 0.3 is 0 Å². The molecule has 1 aliphatic rings. The van der Waals surface area contributed by atoms with E-state index in [1.165, 1.54) is 0 Å². The molecule has 0 radical (unpaired) electrons. The Morgan fingerprint density at radius 1 is 1.50 bits per heavy atom. The number of phenols is 1. The first-order valence-corrected chi connectivity index (χ1v) is 4.77. The van der Waals surface area contributed by atoms with E-state index >= 15 is 0 Å². The lowest BCUT2D eigenvalue weighted by Crippen LogP contribution is -2.13. The first-order valence-electron chi connectivity index (χ1n) is 4.77. The van der Waals surface area contributed by atoms with Crippen LogP contribution in [0, 0.1) is 12.8 Å². The van der Waals surface area contributed by atoms with Crippen molar-refractivity contribution in [1.29, 1.82) is 0 Å². The smallest absolute Gasteiger partial charge is 0.227 e. The molecule has 1 saturated carbocycles. The summed E-state index contributed by atoms with van der Waals surface area (Å²) in [5.74, 6) is 0.536. The zero-order valence-electron chi connectivity index (χ0n) is 8.08. The van der Waals surface area contributed by atoms with E-state index in [0.717, 1.165) is 24.1 Å². The molecule has 1 aromatic carbocycles. The van der Waals surface area contributed by atoms with E-state index in [9.17, 15) is 9.90 Å². The third-order valence-electron chi connectivity index (χ3n) is 2.42. The van der Waals surface area contributed by atoms with Gasteiger partial charge in [-0.15, -0.1) is 0 Å². The zero-order chi connectivity index (χ0) is 10.1. The number of hydrogen-bond donors (Lipinski definition) is 2. The summed E-state index contributed by atoms with van der Waals surface area (Å²) in [6, 6.07) is 4.95. The zero-order valence-corrected chi connectivity index (χ0v) is 8.08. The van der Waals surface area contributed by atoms with Gasteiger partial charge in [0, 0.05) is 11.6 Å². The van der Waals surface area contributed by atoms with Crippen LogP contribution in [-0.4, -0.2) is 11.0 Å². The molecule has 1 aliphatic carbocycles. The second kappa shape index (κ2) is 3.33. The van der Waals surface area contributed by atoms with E-state index in [-0.39, 0.29) is 17.6 Å². The molecule has 0 atom stereocenters. The molecule has 2 rings (SSSR count). The lowest BCUT2D eigenvalue weighted by atomic mass is 10.2. The Bertz CT molecular complexity index is 370. The minimum atomic E-state index is 0.0961. The molecule has 2 N–H and O–H groups in total. The molecule has 74 valence electrons. The number of hydrogen-bond acceptors (Lipinski definition) is 2. The molecule has 1 aromatic rings. The first-order chi connectivity index (χ1) is 6.66. The third-order valence-corrected chi connectivity index (χ3v) is 2.42. The van der Waals surface area contributed by atoms with E-state index in [0.29, 0.717) is 0 Å². The Hall–Kier alpha value is -1.51. The summed E-state index contributed by atoms with van der Waals surface area (Å²) in [4.78, 5) is 11.4. The maximum absolute atomic E-state index is 11.4. The largest absolute Gasteiger partial charge is 0.508 e. The monoisotopic (exact) mass is 191 g/mol. The predicted molar refractivity (Wildman–Crippen MR) is 54.2 cm³/mol. The van der Waals surface area contributed by atoms with E-state index in [2.05, 4.69) is 5.32 Å². The lowest BCUT2D eigenvalue weighted by Gasteiger charge is -2.07. The molecule has 0 unspecified atom stereocenters. The Labute approximate surface area is 82.8 Å². The van der Waals surface area contributed by atoms with Crippen molar-refractivity contribution in [2.45, 2.75) is 19.8 Å². The number of carbonyl (C=O) groups is 1. The molecule has 0 aliphatic heterocycles. The molecule has 0 saturated heterocycles. The van der Waals surface area contributed by atoms with Crippen molar-refractivity contribution in [2.24, 2.45) is 5.92 Å². The highest BCUT2D eigenvalue weighted by Crippen LogP contribution is 2.31. The quantitative estimate of drug-likeness (QED) is 0.703. The Kier molecular flexibility index (Phi) is 2.15. The summed E-state index contributed by atoms with van der Waals surface area (Å²) in [5.41, 5.74) is 1.68. The van der Waals surface area contributed by atoms with Gasteiger partial charge in [-0.05, 0) is 43.5 Å². The van der Waals surface area contributed by atoms with Gasteiger partial charge in [-0.25, -0.2) is 0 Å². The van der Waals surface area contributed by atoms with Crippen LogP contribution in [0.4, 0.5) is 5.69 Å². The van der Waals surface area contributed by atoms with Crippen LogP contribution < -0.4 is 5.32 Å².